The molecule has 7 heteroatoms. The monoisotopic (exact) mass is 333 g/mol. The van der Waals surface area contributed by atoms with Crippen LogP contribution in [0.2, 0.25) is 0 Å². The van der Waals surface area contributed by atoms with E-state index in [1.54, 1.807) is 24.3 Å². The van der Waals surface area contributed by atoms with Crippen LogP contribution < -0.4 is 15.8 Å². The lowest BCUT2D eigenvalue weighted by Crippen LogP contribution is -2.36. The highest BCUT2D eigenvalue weighted by molar-refractivity contribution is 5.75. The summed E-state index contributed by atoms with van der Waals surface area (Å²) in [4.78, 5) is 22.9. The molecule has 0 spiro atoms. The van der Waals surface area contributed by atoms with Crippen molar-refractivity contribution in [2.45, 2.75) is 32.1 Å². The van der Waals surface area contributed by atoms with Gasteiger partial charge in [0.15, 0.2) is 5.96 Å². The summed E-state index contributed by atoms with van der Waals surface area (Å²) < 4.78 is 5.39. The van der Waals surface area contributed by atoms with Crippen LogP contribution in [0.3, 0.4) is 0 Å². The fraction of sp³-hybridized carbons (Fsp3) is 0.471. The maximum Gasteiger partial charge on any atom is 0.314 e. The SMILES string of the molecule is N=C(N)NC[C@H]1CC[C@H](C(=O)Oc2ccc(CC(=O)O)cc2)CC1. The van der Waals surface area contributed by atoms with Crippen LogP contribution in [0.15, 0.2) is 24.3 Å². The van der Waals surface area contributed by atoms with Crippen LogP contribution in [-0.2, 0) is 16.0 Å². The Hall–Kier alpha value is -2.57. The summed E-state index contributed by atoms with van der Waals surface area (Å²) in [5, 5.41) is 18.7. The number of hydrogen-bond donors (Lipinski definition) is 4. The number of carboxylic acids is 1. The third-order valence-electron chi connectivity index (χ3n) is 4.26. The number of esters is 1. The molecule has 0 heterocycles. The van der Waals surface area contributed by atoms with Crippen molar-refractivity contribution in [3.8, 4) is 5.75 Å². The number of guanidine groups is 1. The lowest BCUT2D eigenvalue weighted by molar-refractivity contribution is -0.140. The van der Waals surface area contributed by atoms with Gasteiger partial charge >= 0.3 is 11.9 Å². The predicted octanol–water partition coefficient (Wildman–Crippen LogP) is 1.51. The molecule has 0 atom stereocenters. The van der Waals surface area contributed by atoms with Crippen molar-refractivity contribution in [3.05, 3.63) is 29.8 Å². The third kappa shape index (κ3) is 5.57. The minimum absolute atomic E-state index is 0.0251. The maximum absolute atomic E-state index is 12.2. The zero-order valence-electron chi connectivity index (χ0n) is 13.5. The molecule has 0 radical (unpaired) electrons. The summed E-state index contributed by atoms with van der Waals surface area (Å²) in [5.41, 5.74) is 5.94. The van der Waals surface area contributed by atoms with E-state index in [1.807, 2.05) is 0 Å². The molecule has 130 valence electrons. The van der Waals surface area contributed by atoms with Gasteiger partial charge in [0.05, 0.1) is 12.3 Å². The first-order chi connectivity index (χ1) is 11.4. The molecule has 0 aromatic heterocycles. The molecule has 7 nitrogen and oxygen atoms in total. The number of carbonyl (C=O) groups excluding carboxylic acids is 1. The molecular formula is C17H23N3O4. The van der Waals surface area contributed by atoms with Gasteiger partial charge in [-0.3, -0.25) is 15.0 Å². The van der Waals surface area contributed by atoms with Gasteiger partial charge in [0.1, 0.15) is 5.75 Å². The highest BCUT2D eigenvalue weighted by Crippen LogP contribution is 2.29. The van der Waals surface area contributed by atoms with E-state index in [9.17, 15) is 9.59 Å². The van der Waals surface area contributed by atoms with Crippen molar-refractivity contribution in [2.75, 3.05) is 6.54 Å². The van der Waals surface area contributed by atoms with E-state index >= 15 is 0 Å². The summed E-state index contributed by atoms with van der Waals surface area (Å²) in [6, 6.07) is 6.55. The number of nitrogens with two attached hydrogens (primary N) is 1. The molecule has 0 aliphatic heterocycles. The second-order valence-corrected chi connectivity index (χ2v) is 6.15. The molecule has 1 aliphatic carbocycles. The summed E-state index contributed by atoms with van der Waals surface area (Å²) in [6.45, 7) is 0.669. The Morgan fingerprint density at radius 3 is 2.38 bits per heavy atom. The number of rotatable bonds is 6. The summed E-state index contributed by atoms with van der Waals surface area (Å²) in [7, 11) is 0. The van der Waals surface area contributed by atoms with E-state index in [2.05, 4.69) is 5.32 Å². The van der Waals surface area contributed by atoms with Gasteiger partial charge in [-0.15, -0.1) is 0 Å². The third-order valence-corrected chi connectivity index (χ3v) is 4.26. The van der Waals surface area contributed by atoms with Crippen LogP contribution in [0.25, 0.3) is 0 Å². The number of hydrogen-bond acceptors (Lipinski definition) is 4. The fourth-order valence-corrected chi connectivity index (χ4v) is 2.91. The number of carboxylic acid groups (broad SMARTS) is 1. The van der Waals surface area contributed by atoms with Crippen LogP contribution in [-0.4, -0.2) is 29.5 Å². The molecular weight excluding hydrogens is 310 g/mol. The molecule has 5 N–H and O–H groups in total. The van der Waals surface area contributed by atoms with Gasteiger partial charge in [0.25, 0.3) is 0 Å². The number of ether oxygens (including phenoxy) is 1. The molecule has 1 fully saturated rings. The largest absolute Gasteiger partial charge is 0.481 e. The van der Waals surface area contributed by atoms with Gasteiger partial charge in [0, 0.05) is 6.54 Å². The molecule has 1 aliphatic rings. The van der Waals surface area contributed by atoms with E-state index in [4.69, 9.17) is 21.0 Å². The van der Waals surface area contributed by atoms with E-state index in [0.717, 1.165) is 25.7 Å². The zero-order chi connectivity index (χ0) is 17.5. The van der Waals surface area contributed by atoms with Gasteiger partial charge in [-0.2, -0.15) is 0 Å². The summed E-state index contributed by atoms with van der Waals surface area (Å²) in [6.07, 6.45) is 3.28. The highest BCUT2D eigenvalue weighted by Gasteiger charge is 2.27. The second kappa shape index (κ2) is 8.33. The minimum atomic E-state index is -0.893. The topological polar surface area (TPSA) is 126 Å². The Labute approximate surface area is 140 Å². The van der Waals surface area contributed by atoms with Gasteiger partial charge in [-0.05, 0) is 49.3 Å². The Bertz CT molecular complexity index is 592. The second-order valence-electron chi connectivity index (χ2n) is 6.15. The molecule has 0 amide bonds. The number of benzene rings is 1. The van der Waals surface area contributed by atoms with Crippen molar-refractivity contribution < 1.29 is 19.4 Å². The lowest BCUT2D eigenvalue weighted by atomic mass is 9.82. The number of carbonyl (C=O) groups is 2. The molecule has 0 bridgehead atoms. The van der Waals surface area contributed by atoms with E-state index in [-0.39, 0.29) is 24.3 Å². The van der Waals surface area contributed by atoms with Gasteiger partial charge < -0.3 is 20.9 Å². The van der Waals surface area contributed by atoms with Crippen LogP contribution in [0.4, 0.5) is 0 Å². The van der Waals surface area contributed by atoms with Crippen LogP contribution >= 0.6 is 0 Å². The number of aliphatic carboxylic acids is 1. The summed E-state index contributed by atoms with van der Waals surface area (Å²) in [5.74, 6) is -0.405. The van der Waals surface area contributed by atoms with Gasteiger partial charge in [-0.25, -0.2) is 0 Å². The van der Waals surface area contributed by atoms with Crippen molar-refractivity contribution >= 4 is 17.9 Å². The first-order valence-corrected chi connectivity index (χ1v) is 8.04. The van der Waals surface area contributed by atoms with Gasteiger partial charge in [-0.1, -0.05) is 12.1 Å². The van der Waals surface area contributed by atoms with Gasteiger partial charge in [0.2, 0.25) is 0 Å². The average Bonchev–Trinajstić information content (AvgIpc) is 2.54. The van der Waals surface area contributed by atoms with Crippen molar-refractivity contribution in [2.24, 2.45) is 17.6 Å². The standard InChI is InChI=1S/C17H23N3O4/c18-17(19)20-10-12-1-5-13(6-2-12)16(23)24-14-7-3-11(4-8-14)9-15(21)22/h3-4,7-8,12-13H,1-2,5-6,9-10H2,(H,21,22)(H4,18,19,20)/t12-,13-. The zero-order valence-corrected chi connectivity index (χ0v) is 13.5. The molecule has 0 unspecified atom stereocenters. The fourth-order valence-electron chi connectivity index (χ4n) is 2.91. The smallest absolute Gasteiger partial charge is 0.314 e. The van der Waals surface area contributed by atoms with E-state index in [0.29, 0.717) is 23.8 Å². The normalized spacial score (nSPS) is 20.2. The van der Waals surface area contributed by atoms with E-state index < -0.39 is 5.97 Å². The predicted molar refractivity (Wildman–Crippen MR) is 88.8 cm³/mol. The van der Waals surface area contributed by atoms with Crippen molar-refractivity contribution in [3.63, 3.8) is 0 Å². The van der Waals surface area contributed by atoms with Crippen LogP contribution in [0, 0.1) is 17.2 Å². The molecule has 2 rings (SSSR count). The Balaban J connectivity index is 1.79. The first-order valence-electron chi connectivity index (χ1n) is 8.04. The van der Waals surface area contributed by atoms with Crippen molar-refractivity contribution in [1.29, 1.82) is 5.41 Å². The van der Waals surface area contributed by atoms with Crippen molar-refractivity contribution in [1.82, 2.24) is 5.32 Å². The highest BCUT2D eigenvalue weighted by atomic mass is 16.5. The molecule has 1 aromatic rings. The molecule has 1 saturated carbocycles. The quantitative estimate of drug-likeness (QED) is 0.271. The molecule has 24 heavy (non-hydrogen) atoms. The van der Waals surface area contributed by atoms with Crippen LogP contribution in [0.5, 0.6) is 5.75 Å². The minimum Gasteiger partial charge on any atom is -0.481 e. The lowest BCUT2D eigenvalue weighted by Gasteiger charge is -2.27. The number of nitrogens with one attached hydrogen (secondary N) is 2. The van der Waals surface area contributed by atoms with Crippen LogP contribution in [0.1, 0.15) is 31.2 Å². The molecule has 1 aromatic carbocycles. The summed E-state index contributed by atoms with van der Waals surface area (Å²) >= 11 is 0. The maximum atomic E-state index is 12.2. The molecule has 0 saturated heterocycles. The first kappa shape index (κ1) is 17.8. The van der Waals surface area contributed by atoms with E-state index in [1.165, 1.54) is 0 Å². The Morgan fingerprint density at radius 2 is 1.83 bits per heavy atom. The average molecular weight is 333 g/mol. The Morgan fingerprint density at radius 1 is 1.21 bits per heavy atom. The Kier molecular flexibility index (Phi) is 6.17.